The van der Waals surface area contributed by atoms with Gasteiger partial charge in [-0.15, -0.1) is 0 Å². The van der Waals surface area contributed by atoms with Crippen LogP contribution in [0, 0.1) is 17.1 Å². The van der Waals surface area contributed by atoms with Crippen molar-refractivity contribution in [2.75, 3.05) is 5.73 Å². The van der Waals surface area contributed by atoms with Crippen molar-refractivity contribution in [3.63, 3.8) is 0 Å². The molecule has 110 valence electrons. The zero-order valence-electron chi connectivity index (χ0n) is 11.4. The fourth-order valence-corrected chi connectivity index (χ4v) is 3.04. The molecule has 1 aromatic carbocycles. The summed E-state index contributed by atoms with van der Waals surface area (Å²) in [5.41, 5.74) is 7.73. The summed E-state index contributed by atoms with van der Waals surface area (Å²) in [7, 11) is 0. The minimum atomic E-state index is -0.266. The molecule has 22 heavy (non-hydrogen) atoms. The molecule has 0 aliphatic carbocycles. The van der Waals surface area contributed by atoms with Crippen molar-refractivity contribution in [3.8, 4) is 6.07 Å². The third-order valence-electron chi connectivity index (χ3n) is 3.43. The molecule has 0 fully saturated rings. The molecule has 0 radical (unpaired) electrons. The first-order chi connectivity index (χ1) is 10.6. The number of anilines is 1. The molecule has 0 aliphatic rings. The maximum Gasteiger partial charge on any atom is 0.147 e. The average Bonchev–Trinajstić information content (AvgIpc) is 2.78. The van der Waals surface area contributed by atoms with E-state index in [1.54, 1.807) is 6.07 Å². The van der Waals surface area contributed by atoms with Crippen LogP contribution in [0.3, 0.4) is 0 Å². The molecule has 3 rings (SSSR count). The number of rotatable bonds is 3. The van der Waals surface area contributed by atoms with Crippen LogP contribution < -0.4 is 5.73 Å². The number of aryl methyl sites for hydroxylation is 2. The first-order valence-electron chi connectivity index (χ1n) is 6.54. The van der Waals surface area contributed by atoms with Crippen LogP contribution in [0.5, 0.6) is 0 Å². The highest BCUT2D eigenvalue weighted by atomic mass is 79.9. The van der Waals surface area contributed by atoms with Crippen molar-refractivity contribution in [1.29, 1.82) is 5.26 Å². The van der Waals surface area contributed by atoms with Gasteiger partial charge in [0, 0.05) is 6.54 Å². The van der Waals surface area contributed by atoms with Crippen LogP contribution >= 0.6 is 15.9 Å². The molecular formula is C15H11BrFN5. The van der Waals surface area contributed by atoms with Crippen LogP contribution in [0.25, 0.3) is 11.0 Å². The lowest BCUT2D eigenvalue weighted by Crippen LogP contribution is -2.03. The summed E-state index contributed by atoms with van der Waals surface area (Å²) in [6.45, 7) is 0.540. The smallest absolute Gasteiger partial charge is 0.147 e. The number of nitrogen functional groups attached to an aromatic ring is 1. The Bertz CT molecular complexity index is 897. The quantitative estimate of drug-likeness (QED) is 0.779. The molecular weight excluding hydrogens is 349 g/mol. The molecule has 0 saturated carbocycles. The summed E-state index contributed by atoms with van der Waals surface area (Å²) in [4.78, 5) is 8.15. The number of nitrogens with zero attached hydrogens (tertiary/aromatic N) is 4. The van der Waals surface area contributed by atoms with Gasteiger partial charge in [0.25, 0.3) is 0 Å². The van der Waals surface area contributed by atoms with E-state index < -0.39 is 0 Å². The Labute approximate surface area is 134 Å². The predicted molar refractivity (Wildman–Crippen MR) is 84.5 cm³/mol. The highest BCUT2D eigenvalue weighted by molar-refractivity contribution is 9.10. The summed E-state index contributed by atoms with van der Waals surface area (Å²) < 4.78 is 15.7. The molecule has 2 N–H and O–H groups in total. The Morgan fingerprint density at radius 2 is 2.18 bits per heavy atom. The maximum atomic E-state index is 13.2. The SMILES string of the molecule is N#Cc1c(Br)n(CCc2cccc(F)c2)c2ncnc(N)c12. The fourth-order valence-electron chi connectivity index (χ4n) is 2.40. The molecule has 0 spiro atoms. The van der Waals surface area contributed by atoms with E-state index in [4.69, 9.17) is 5.73 Å². The third kappa shape index (κ3) is 2.42. The van der Waals surface area contributed by atoms with Crippen molar-refractivity contribution in [3.05, 3.63) is 52.1 Å². The first kappa shape index (κ1) is 14.5. The van der Waals surface area contributed by atoms with Crippen LogP contribution in [0.1, 0.15) is 11.1 Å². The maximum absolute atomic E-state index is 13.2. The number of halogens is 2. The van der Waals surface area contributed by atoms with Crippen molar-refractivity contribution >= 4 is 32.8 Å². The summed E-state index contributed by atoms with van der Waals surface area (Å²) >= 11 is 3.42. The van der Waals surface area contributed by atoms with Crippen LogP contribution in [-0.4, -0.2) is 14.5 Å². The minimum absolute atomic E-state index is 0.266. The molecule has 2 heterocycles. The van der Waals surface area contributed by atoms with E-state index in [9.17, 15) is 9.65 Å². The number of nitriles is 1. The molecule has 5 nitrogen and oxygen atoms in total. The van der Waals surface area contributed by atoms with Gasteiger partial charge in [-0.1, -0.05) is 12.1 Å². The van der Waals surface area contributed by atoms with E-state index in [-0.39, 0.29) is 11.6 Å². The standard InChI is InChI=1S/C15H11BrFN5/c16-13-11(7-18)12-14(19)20-8-21-15(12)22(13)5-4-9-2-1-3-10(17)6-9/h1-3,6,8H,4-5H2,(H2,19,20,21). The highest BCUT2D eigenvalue weighted by Gasteiger charge is 2.18. The van der Waals surface area contributed by atoms with Gasteiger partial charge in [0.2, 0.25) is 0 Å². The first-order valence-corrected chi connectivity index (χ1v) is 7.34. The zero-order valence-corrected chi connectivity index (χ0v) is 13.0. The fraction of sp³-hybridized carbons (Fsp3) is 0.133. The Kier molecular flexibility index (Phi) is 3.77. The third-order valence-corrected chi connectivity index (χ3v) is 4.26. The molecule has 0 aliphatic heterocycles. The van der Waals surface area contributed by atoms with Crippen molar-refractivity contribution in [2.45, 2.75) is 13.0 Å². The number of hydrogen-bond acceptors (Lipinski definition) is 4. The van der Waals surface area contributed by atoms with Crippen LogP contribution in [-0.2, 0) is 13.0 Å². The summed E-state index contributed by atoms with van der Waals surface area (Å²) in [5, 5.41) is 9.86. The molecule has 0 bridgehead atoms. The lowest BCUT2D eigenvalue weighted by atomic mass is 10.1. The molecule has 2 aromatic heterocycles. The summed E-state index contributed by atoms with van der Waals surface area (Å²) in [5.74, 6) is 0.00460. The average molecular weight is 360 g/mol. The van der Waals surface area contributed by atoms with Crippen molar-refractivity contribution in [1.82, 2.24) is 14.5 Å². The van der Waals surface area contributed by atoms with Gasteiger partial charge in [-0.25, -0.2) is 14.4 Å². The van der Waals surface area contributed by atoms with Crippen LogP contribution in [0.15, 0.2) is 35.2 Å². The minimum Gasteiger partial charge on any atom is -0.383 e. The molecule has 7 heteroatoms. The van der Waals surface area contributed by atoms with Gasteiger partial charge in [-0.3, -0.25) is 0 Å². The van der Waals surface area contributed by atoms with Gasteiger partial charge >= 0.3 is 0 Å². The number of hydrogen-bond donors (Lipinski definition) is 1. The highest BCUT2D eigenvalue weighted by Crippen LogP contribution is 2.31. The van der Waals surface area contributed by atoms with Gasteiger partial charge in [0.05, 0.1) is 10.9 Å². The van der Waals surface area contributed by atoms with Gasteiger partial charge < -0.3 is 10.3 Å². The lowest BCUT2D eigenvalue weighted by molar-refractivity contribution is 0.622. The normalized spacial score (nSPS) is 10.8. The van der Waals surface area contributed by atoms with Crippen molar-refractivity contribution < 1.29 is 4.39 Å². The van der Waals surface area contributed by atoms with E-state index >= 15 is 0 Å². The van der Waals surface area contributed by atoms with Gasteiger partial charge in [-0.05, 0) is 40.0 Å². The molecule has 0 unspecified atom stereocenters. The predicted octanol–water partition coefficient (Wildman–Crippen LogP) is 3.03. The summed E-state index contributed by atoms with van der Waals surface area (Å²) in [6.07, 6.45) is 1.97. The van der Waals surface area contributed by atoms with Gasteiger partial charge in [0.1, 0.15) is 34.3 Å². The second-order valence-electron chi connectivity index (χ2n) is 4.77. The van der Waals surface area contributed by atoms with Crippen LogP contribution in [0.4, 0.5) is 10.2 Å². The molecule has 0 saturated heterocycles. The molecule has 0 atom stereocenters. The van der Waals surface area contributed by atoms with Gasteiger partial charge in [0.15, 0.2) is 0 Å². The molecule has 3 aromatic rings. The largest absolute Gasteiger partial charge is 0.383 e. The monoisotopic (exact) mass is 359 g/mol. The van der Waals surface area contributed by atoms with E-state index in [0.29, 0.717) is 34.2 Å². The lowest BCUT2D eigenvalue weighted by Gasteiger charge is -2.07. The second kappa shape index (κ2) is 5.73. The summed E-state index contributed by atoms with van der Waals surface area (Å²) in [6, 6.07) is 8.56. The van der Waals surface area contributed by atoms with Crippen LogP contribution in [0.2, 0.25) is 0 Å². The number of fused-ring (bicyclic) bond motifs is 1. The molecule has 0 amide bonds. The van der Waals surface area contributed by atoms with E-state index in [1.165, 1.54) is 18.5 Å². The second-order valence-corrected chi connectivity index (χ2v) is 5.52. The Balaban J connectivity index is 2.03. The number of benzene rings is 1. The van der Waals surface area contributed by atoms with Gasteiger partial charge in [-0.2, -0.15) is 5.26 Å². The Hall–Kier alpha value is -2.46. The van der Waals surface area contributed by atoms with E-state index in [0.717, 1.165) is 5.56 Å². The topological polar surface area (TPSA) is 80.5 Å². The van der Waals surface area contributed by atoms with E-state index in [2.05, 4.69) is 32.0 Å². The van der Waals surface area contributed by atoms with E-state index in [1.807, 2.05) is 10.6 Å². The number of nitrogens with two attached hydrogens (primary N) is 1. The Morgan fingerprint density at radius 3 is 2.91 bits per heavy atom. The Morgan fingerprint density at radius 1 is 1.36 bits per heavy atom. The number of aromatic nitrogens is 3. The zero-order chi connectivity index (χ0) is 15.7. The van der Waals surface area contributed by atoms with Crippen molar-refractivity contribution in [2.24, 2.45) is 0 Å².